The van der Waals surface area contributed by atoms with Crippen LogP contribution in [-0.2, 0) is 0 Å². The third kappa shape index (κ3) is 3.01. The average molecular weight is 220 g/mol. The summed E-state index contributed by atoms with van der Waals surface area (Å²) in [5.41, 5.74) is 1.36. The zero-order valence-electron chi connectivity index (χ0n) is 10.9. The van der Waals surface area contributed by atoms with Crippen molar-refractivity contribution >= 4 is 0 Å². The lowest BCUT2D eigenvalue weighted by molar-refractivity contribution is 0.329. The van der Waals surface area contributed by atoms with Crippen LogP contribution >= 0.6 is 0 Å². The van der Waals surface area contributed by atoms with Crippen LogP contribution < -0.4 is 0 Å². The van der Waals surface area contributed by atoms with Gasteiger partial charge in [0.15, 0.2) is 0 Å². The Bertz CT molecular complexity index is 292. The first-order valence-corrected chi connectivity index (χ1v) is 6.39. The van der Waals surface area contributed by atoms with Crippen LogP contribution in [0.15, 0.2) is 24.3 Å². The smallest absolute Gasteiger partial charge is 0.115 e. The van der Waals surface area contributed by atoms with Crippen molar-refractivity contribution in [3.8, 4) is 5.75 Å². The molecule has 0 spiro atoms. The molecule has 1 rings (SSSR count). The molecule has 0 bridgehead atoms. The van der Waals surface area contributed by atoms with Gasteiger partial charge in [-0.3, -0.25) is 0 Å². The minimum atomic E-state index is 0.357. The molecule has 0 amide bonds. The third-order valence-electron chi connectivity index (χ3n) is 3.79. The van der Waals surface area contributed by atoms with E-state index >= 15 is 0 Å². The topological polar surface area (TPSA) is 20.2 Å². The third-order valence-corrected chi connectivity index (χ3v) is 3.79. The lowest BCUT2D eigenvalue weighted by Crippen LogP contribution is -2.16. The maximum absolute atomic E-state index is 9.33. The molecule has 16 heavy (non-hydrogen) atoms. The Balaban J connectivity index is 2.96. The summed E-state index contributed by atoms with van der Waals surface area (Å²) in [6.07, 6.45) is 2.41. The molecule has 0 aliphatic carbocycles. The minimum absolute atomic E-state index is 0.357. The number of hydrogen-bond acceptors (Lipinski definition) is 1. The Kier molecular flexibility index (Phi) is 4.85. The van der Waals surface area contributed by atoms with E-state index in [1.54, 1.807) is 12.1 Å². The van der Waals surface area contributed by atoms with Gasteiger partial charge in [-0.05, 0) is 35.4 Å². The van der Waals surface area contributed by atoms with Gasteiger partial charge in [-0.1, -0.05) is 52.7 Å². The Morgan fingerprint density at radius 1 is 0.938 bits per heavy atom. The molecule has 0 aliphatic rings. The lowest BCUT2D eigenvalue weighted by Gasteiger charge is -2.29. The van der Waals surface area contributed by atoms with Crippen molar-refractivity contribution in [2.24, 2.45) is 11.8 Å². The maximum Gasteiger partial charge on any atom is 0.115 e. The van der Waals surface area contributed by atoms with E-state index in [0.717, 1.165) is 0 Å². The average Bonchev–Trinajstić information content (AvgIpc) is 2.31. The highest BCUT2D eigenvalue weighted by atomic mass is 16.3. The van der Waals surface area contributed by atoms with E-state index in [4.69, 9.17) is 0 Å². The van der Waals surface area contributed by atoms with Crippen molar-refractivity contribution in [2.75, 3.05) is 0 Å². The van der Waals surface area contributed by atoms with Gasteiger partial charge in [-0.25, -0.2) is 0 Å². The SMILES string of the molecule is CCC(C)C(c1ccc(O)cc1)C(C)CC. The molecule has 90 valence electrons. The number of phenolic OH excluding ortho intramolecular Hbond substituents is 1. The van der Waals surface area contributed by atoms with Crippen LogP contribution in [0.1, 0.15) is 52.0 Å². The van der Waals surface area contributed by atoms with E-state index in [-0.39, 0.29) is 0 Å². The summed E-state index contributed by atoms with van der Waals surface area (Å²) in [7, 11) is 0. The van der Waals surface area contributed by atoms with Crippen molar-refractivity contribution in [3.63, 3.8) is 0 Å². The number of hydrogen-bond donors (Lipinski definition) is 1. The van der Waals surface area contributed by atoms with Gasteiger partial charge in [-0.2, -0.15) is 0 Å². The van der Waals surface area contributed by atoms with Crippen molar-refractivity contribution < 1.29 is 5.11 Å². The standard InChI is InChI=1S/C15H24O/c1-5-11(3)15(12(4)6-2)13-7-9-14(16)10-8-13/h7-12,15-16H,5-6H2,1-4H3. The first-order chi connectivity index (χ1) is 7.60. The van der Waals surface area contributed by atoms with Gasteiger partial charge in [-0.15, -0.1) is 0 Å². The van der Waals surface area contributed by atoms with Crippen molar-refractivity contribution in [2.45, 2.75) is 46.5 Å². The Morgan fingerprint density at radius 2 is 1.38 bits per heavy atom. The van der Waals surface area contributed by atoms with E-state index in [2.05, 4.69) is 39.8 Å². The lowest BCUT2D eigenvalue weighted by atomic mass is 9.76. The van der Waals surface area contributed by atoms with Crippen molar-refractivity contribution in [1.82, 2.24) is 0 Å². The molecule has 0 saturated carbocycles. The molecule has 0 aromatic heterocycles. The second-order valence-electron chi connectivity index (χ2n) is 4.89. The molecule has 0 heterocycles. The molecule has 0 saturated heterocycles. The fourth-order valence-electron chi connectivity index (χ4n) is 2.42. The van der Waals surface area contributed by atoms with E-state index in [0.29, 0.717) is 23.5 Å². The normalized spacial score (nSPS) is 16.8. The number of rotatable bonds is 5. The molecule has 2 unspecified atom stereocenters. The van der Waals surface area contributed by atoms with E-state index in [1.165, 1.54) is 18.4 Å². The van der Waals surface area contributed by atoms with Gasteiger partial charge in [0.05, 0.1) is 0 Å². The molecule has 0 radical (unpaired) electrons. The highest BCUT2D eigenvalue weighted by Gasteiger charge is 2.23. The predicted molar refractivity (Wildman–Crippen MR) is 69.8 cm³/mol. The molecular formula is C15H24O. The van der Waals surface area contributed by atoms with Crippen molar-refractivity contribution in [3.05, 3.63) is 29.8 Å². The molecule has 1 aromatic carbocycles. The zero-order valence-corrected chi connectivity index (χ0v) is 10.9. The highest BCUT2D eigenvalue weighted by molar-refractivity contribution is 5.29. The van der Waals surface area contributed by atoms with Gasteiger partial charge in [0.1, 0.15) is 5.75 Å². The fourth-order valence-corrected chi connectivity index (χ4v) is 2.42. The van der Waals surface area contributed by atoms with E-state index in [1.807, 2.05) is 0 Å². The fraction of sp³-hybridized carbons (Fsp3) is 0.600. The zero-order chi connectivity index (χ0) is 12.1. The van der Waals surface area contributed by atoms with Gasteiger partial charge in [0, 0.05) is 0 Å². The Labute approximate surface area is 99.5 Å². The van der Waals surface area contributed by atoms with Gasteiger partial charge in [0.25, 0.3) is 0 Å². The van der Waals surface area contributed by atoms with E-state index < -0.39 is 0 Å². The number of phenols is 1. The van der Waals surface area contributed by atoms with Crippen LogP contribution in [0.2, 0.25) is 0 Å². The predicted octanol–water partition coefficient (Wildman–Crippen LogP) is 4.57. The highest BCUT2D eigenvalue weighted by Crippen LogP contribution is 2.35. The van der Waals surface area contributed by atoms with Gasteiger partial charge in [0.2, 0.25) is 0 Å². The Morgan fingerprint density at radius 3 is 1.75 bits per heavy atom. The summed E-state index contributed by atoms with van der Waals surface area (Å²) in [6, 6.07) is 7.73. The molecule has 1 nitrogen and oxygen atoms in total. The summed E-state index contributed by atoms with van der Waals surface area (Å²) in [5.74, 6) is 2.35. The van der Waals surface area contributed by atoms with Gasteiger partial charge < -0.3 is 5.11 Å². The molecular weight excluding hydrogens is 196 g/mol. The molecule has 1 heteroatoms. The van der Waals surface area contributed by atoms with Crippen LogP contribution in [0.3, 0.4) is 0 Å². The number of benzene rings is 1. The monoisotopic (exact) mass is 220 g/mol. The first kappa shape index (κ1) is 13.1. The second kappa shape index (κ2) is 5.93. The summed E-state index contributed by atoms with van der Waals surface area (Å²) < 4.78 is 0. The summed E-state index contributed by atoms with van der Waals surface area (Å²) >= 11 is 0. The van der Waals surface area contributed by atoms with Crippen LogP contribution in [0.25, 0.3) is 0 Å². The summed E-state index contributed by atoms with van der Waals surface area (Å²) in [6.45, 7) is 9.15. The quantitative estimate of drug-likeness (QED) is 0.770. The molecule has 1 aromatic rings. The maximum atomic E-state index is 9.33. The van der Waals surface area contributed by atoms with E-state index in [9.17, 15) is 5.11 Å². The van der Waals surface area contributed by atoms with Crippen LogP contribution in [0.4, 0.5) is 0 Å². The molecule has 0 aliphatic heterocycles. The van der Waals surface area contributed by atoms with Crippen LogP contribution in [0, 0.1) is 11.8 Å². The minimum Gasteiger partial charge on any atom is -0.508 e. The Hall–Kier alpha value is -0.980. The van der Waals surface area contributed by atoms with Crippen LogP contribution in [0.5, 0.6) is 5.75 Å². The summed E-state index contributed by atoms with van der Waals surface area (Å²) in [4.78, 5) is 0. The largest absolute Gasteiger partial charge is 0.508 e. The molecule has 2 atom stereocenters. The van der Waals surface area contributed by atoms with Crippen molar-refractivity contribution in [1.29, 1.82) is 0 Å². The second-order valence-corrected chi connectivity index (χ2v) is 4.89. The molecule has 0 fully saturated rings. The summed E-state index contributed by atoms with van der Waals surface area (Å²) in [5, 5.41) is 9.33. The first-order valence-electron chi connectivity index (χ1n) is 6.39. The van der Waals surface area contributed by atoms with Crippen LogP contribution in [-0.4, -0.2) is 5.11 Å². The van der Waals surface area contributed by atoms with Gasteiger partial charge >= 0.3 is 0 Å². The number of aromatic hydroxyl groups is 1. The molecule has 1 N–H and O–H groups in total.